The first-order chi connectivity index (χ1) is 12.0. The molecule has 3 N–H and O–H groups in total. The Balaban J connectivity index is 1.86. The standard InChI is InChI=1S/C18H16N2O5/c1-10-13(8-16(23)20-9-11-4-2-3-5-19-11)18(24)25-15-7-12(21)6-14(22)17(10)15/h2-7,21-22H,8-9H2,1H3,(H,20,23). The Morgan fingerprint density at radius 2 is 2.08 bits per heavy atom. The summed E-state index contributed by atoms with van der Waals surface area (Å²) in [6.07, 6.45) is 1.44. The van der Waals surface area contributed by atoms with Crippen molar-refractivity contribution in [1.29, 1.82) is 0 Å². The molecule has 3 aromatic rings. The SMILES string of the molecule is Cc1c(CC(=O)NCc2ccccn2)c(=O)oc2cc(O)cc(O)c12. The number of fused-ring (bicyclic) bond motifs is 1. The highest BCUT2D eigenvalue weighted by Crippen LogP contribution is 2.32. The van der Waals surface area contributed by atoms with Crippen LogP contribution in [0.2, 0.25) is 0 Å². The van der Waals surface area contributed by atoms with Crippen molar-refractivity contribution in [3.05, 3.63) is 63.8 Å². The van der Waals surface area contributed by atoms with Crippen molar-refractivity contribution >= 4 is 16.9 Å². The molecular formula is C18H16N2O5. The molecule has 1 aromatic carbocycles. The molecule has 0 spiro atoms. The van der Waals surface area contributed by atoms with Gasteiger partial charge in [0, 0.05) is 18.3 Å². The maximum Gasteiger partial charge on any atom is 0.340 e. The Labute approximate surface area is 142 Å². The Bertz CT molecular complexity index is 996. The monoisotopic (exact) mass is 340 g/mol. The molecule has 0 aliphatic heterocycles. The third kappa shape index (κ3) is 3.45. The lowest BCUT2D eigenvalue weighted by Gasteiger charge is -2.10. The van der Waals surface area contributed by atoms with Crippen molar-refractivity contribution in [2.45, 2.75) is 19.9 Å². The summed E-state index contributed by atoms with van der Waals surface area (Å²) in [6, 6.07) is 7.77. The first-order valence-electron chi connectivity index (χ1n) is 7.60. The molecule has 128 valence electrons. The molecule has 0 saturated heterocycles. The van der Waals surface area contributed by atoms with Gasteiger partial charge in [-0.3, -0.25) is 9.78 Å². The van der Waals surface area contributed by atoms with E-state index in [1.54, 1.807) is 25.3 Å². The molecule has 0 aliphatic rings. The highest BCUT2D eigenvalue weighted by Gasteiger charge is 2.17. The van der Waals surface area contributed by atoms with Gasteiger partial charge in [-0.15, -0.1) is 0 Å². The second-order valence-corrected chi connectivity index (χ2v) is 5.61. The molecule has 7 heteroatoms. The highest BCUT2D eigenvalue weighted by atomic mass is 16.4. The lowest BCUT2D eigenvalue weighted by atomic mass is 10.0. The Kier molecular flexibility index (Phi) is 4.38. The zero-order chi connectivity index (χ0) is 18.0. The van der Waals surface area contributed by atoms with Gasteiger partial charge in [-0.05, 0) is 24.6 Å². The molecule has 0 saturated carbocycles. The summed E-state index contributed by atoms with van der Waals surface area (Å²) in [5.74, 6) is -0.793. The lowest BCUT2D eigenvalue weighted by Crippen LogP contribution is -2.27. The van der Waals surface area contributed by atoms with Crippen LogP contribution < -0.4 is 10.9 Å². The molecule has 1 amide bonds. The van der Waals surface area contributed by atoms with E-state index < -0.39 is 5.63 Å². The number of phenolic OH excluding ortho intramolecular Hbond substituents is 2. The Morgan fingerprint density at radius 1 is 1.28 bits per heavy atom. The van der Waals surface area contributed by atoms with Crippen LogP contribution in [0.1, 0.15) is 16.8 Å². The molecule has 3 rings (SSSR count). The second kappa shape index (κ2) is 6.64. The number of pyridine rings is 1. The second-order valence-electron chi connectivity index (χ2n) is 5.61. The van der Waals surface area contributed by atoms with Gasteiger partial charge in [-0.25, -0.2) is 4.79 Å². The smallest absolute Gasteiger partial charge is 0.340 e. The molecule has 2 aromatic heterocycles. The van der Waals surface area contributed by atoms with Crippen LogP contribution in [0.25, 0.3) is 11.0 Å². The number of phenols is 2. The van der Waals surface area contributed by atoms with Crippen LogP contribution in [0.5, 0.6) is 11.5 Å². The maximum atomic E-state index is 12.2. The maximum absolute atomic E-state index is 12.2. The first-order valence-corrected chi connectivity index (χ1v) is 7.60. The lowest BCUT2D eigenvalue weighted by molar-refractivity contribution is -0.120. The number of carbonyl (C=O) groups is 1. The minimum absolute atomic E-state index is 0.0673. The molecule has 7 nitrogen and oxygen atoms in total. The quantitative estimate of drug-likeness (QED) is 0.624. The van der Waals surface area contributed by atoms with Gasteiger partial charge >= 0.3 is 5.63 Å². The zero-order valence-electron chi connectivity index (χ0n) is 13.4. The Morgan fingerprint density at radius 3 is 2.80 bits per heavy atom. The van der Waals surface area contributed by atoms with E-state index in [4.69, 9.17) is 4.42 Å². The number of aromatic nitrogens is 1. The van der Waals surface area contributed by atoms with Gasteiger partial charge in [-0.1, -0.05) is 6.07 Å². The van der Waals surface area contributed by atoms with Crippen LogP contribution in [0.3, 0.4) is 0 Å². The van der Waals surface area contributed by atoms with Crippen LogP contribution in [-0.2, 0) is 17.8 Å². The summed E-state index contributed by atoms with van der Waals surface area (Å²) in [5, 5.41) is 22.5. The van der Waals surface area contributed by atoms with Crippen molar-refractivity contribution in [2.75, 3.05) is 0 Å². The fourth-order valence-corrected chi connectivity index (χ4v) is 2.63. The molecule has 0 unspecified atom stereocenters. The fraction of sp³-hybridized carbons (Fsp3) is 0.167. The number of hydrogen-bond acceptors (Lipinski definition) is 6. The van der Waals surface area contributed by atoms with Gasteiger partial charge in [-0.2, -0.15) is 0 Å². The number of aryl methyl sites for hydroxylation is 1. The van der Waals surface area contributed by atoms with Crippen LogP contribution in [0, 0.1) is 6.92 Å². The summed E-state index contributed by atoms with van der Waals surface area (Å²) in [5.41, 5.74) is 0.690. The molecule has 25 heavy (non-hydrogen) atoms. The van der Waals surface area contributed by atoms with Gasteiger partial charge in [0.1, 0.15) is 17.1 Å². The zero-order valence-corrected chi connectivity index (χ0v) is 13.4. The van der Waals surface area contributed by atoms with E-state index in [2.05, 4.69) is 10.3 Å². The van der Waals surface area contributed by atoms with E-state index in [-0.39, 0.29) is 41.5 Å². The van der Waals surface area contributed by atoms with Crippen LogP contribution in [0.15, 0.2) is 45.7 Å². The van der Waals surface area contributed by atoms with Gasteiger partial charge < -0.3 is 19.9 Å². The predicted octanol–water partition coefficient (Wildman–Crippen LogP) is 1.77. The predicted molar refractivity (Wildman–Crippen MR) is 90.3 cm³/mol. The third-order valence-corrected chi connectivity index (χ3v) is 3.87. The van der Waals surface area contributed by atoms with Crippen LogP contribution in [-0.4, -0.2) is 21.1 Å². The summed E-state index contributed by atoms with van der Waals surface area (Å²) in [7, 11) is 0. The average Bonchev–Trinajstić information content (AvgIpc) is 2.57. The summed E-state index contributed by atoms with van der Waals surface area (Å²) >= 11 is 0. The van der Waals surface area contributed by atoms with E-state index >= 15 is 0 Å². The van der Waals surface area contributed by atoms with E-state index in [0.29, 0.717) is 16.6 Å². The number of aromatic hydroxyl groups is 2. The van der Waals surface area contributed by atoms with Crippen molar-refractivity contribution in [1.82, 2.24) is 10.3 Å². The van der Waals surface area contributed by atoms with Crippen molar-refractivity contribution < 1.29 is 19.4 Å². The summed E-state index contributed by atoms with van der Waals surface area (Å²) in [6.45, 7) is 1.87. The molecule has 0 fully saturated rings. The van der Waals surface area contributed by atoms with Crippen LogP contribution >= 0.6 is 0 Å². The van der Waals surface area contributed by atoms with Gasteiger partial charge in [0.2, 0.25) is 5.91 Å². The summed E-state index contributed by atoms with van der Waals surface area (Å²) in [4.78, 5) is 28.4. The molecule has 0 bridgehead atoms. The van der Waals surface area contributed by atoms with Gasteiger partial charge in [0.25, 0.3) is 0 Å². The van der Waals surface area contributed by atoms with E-state index in [0.717, 1.165) is 6.07 Å². The number of nitrogens with zero attached hydrogens (tertiary/aromatic N) is 1. The molecule has 0 atom stereocenters. The average molecular weight is 340 g/mol. The van der Waals surface area contributed by atoms with E-state index in [1.807, 2.05) is 6.07 Å². The van der Waals surface area contributed by atoms with Crippen LogP contribution in [0.4, 0.5) is 0 Å². The fourth-order valence-electron chi connectivity index (χ4n) is 2.63. The van der Waals surface area contributed by atoms with Crippen molar-refractivity contribution in [2.24, 2.45) is 0 Å². The largest absolute Gasteiger partial charge is 0.508 e. The Hall–Kier alpha value is -3.35. The number of hydrogen-bond donors (Lipinski definition) is 3. The molecule has 0 aliphatic carbocycles. The summed E-state index contributed by atoms with van der Waals surface area (Å²) < 4.78 is 5.13. The highest BCUT2D eigenvalue weighted by molar-refractivity contribution is 5.89. The normalized spacial score (nSPS) is 10.8. The van der Waals surface area contributed by atoms with E-state index in [9.17, 15) is 19.8 Å². The minimum Gasteiger partial charge on any atom is -0.508 e. The molecular weight excluding hydrogens is 324 g/mol. The minimum atomic E-state index is -0.678. The number of rotatable bonds is 4. The number of nitrogens with one attached hydrogen (secondary N) is 1. The first kappa shape index (κ1) is 16.5. The van der Waals surface area contributed by atoms with Gasteiger partial charge in [0.05, 0.1) is 29.6 Å². The van der Waals surface area contributed by atoms with Crippen molar-refractivity contribution in [3.63, 3.8) is 0 Å². The third-order valence-electron chi connectivity index (χ3n) is 3.87. The number of benzene rings is 1. The molecule has 0 radical (unpaired) electrons. The van der Waals surface area contributed by atoms with Gasteiger partial charge in [0.15, 0.2) is 0 Å². The number of amides is 1. The number of carbonyl (C=O) groups excluding carboxylic acids is 1. The topological polar surface area (TPSA) is 113 Å². The molecule has 2 heterocycles. The van der Waals surface area contributed by atoms with E-state index in [1.165, 1.54) is 6.07 Å². The van der Waals surface area contributed by atoms with Crippen molar-refractivity contribution in [3.8, 4) is 11.5 Å².